The number of nitrogens with one attached hydrogen (secondary N) is 2. The largest absolute Gasteiger partial charge is 0.347 e. The summed E-state index contributed by atoms with van der Waals surface area (Å²) in [6, 6.07) is 4.20. The van der Waals surface area contributed by atoms with Gasteiger partial charge in [0.25, 0.3) is 0 Å². The number of amides is 2. The maximum absolute atomic E-state index is 14.1. The van der Waals surface area contributed by atoms with Crippen molar-refractivity contribution in [2.24, 2.45) is 23.2 Å². The Balaban J connectivity index is 1.22. The minimum absolute atomic E-state index is 0.0188. The standard InChI is InChI=1S/C20H23FN6O2/c21-16-2-1-15(27-11-23-25-26-27)6-17(16)24-18(28)10-22-19(29)20-7-12-3-13(8-20)5-14(4-12)9-20/h1-2,6,11-14H,3-5,7-10H2,(H,22,29)(H,24,28). The third kappa shape index (κ3) is 3.38. The lowest BCUT2D eigenvalue weighted by Gasteiger charge is -2.55. The van der Waals surface area contributed by atoms with Crippen LogP contribution in [0.5, 0.6) is 0 Å². The average Bonchev–Trinajstić information content (AvgIpc) is 3.21. The number of hydrogen-bond donors (Lipinski definition) is 2. The van der Waals surface area contributed by atoms with E-state index >= 15 is 0 Å². The molecule has 1 aromatic heterocycles. The van der Waals surface area contributed by atoms with Gasteiger partial charge in [0.05, 0.1) is 17.9 Å². The van der Waals surface area contributed by atoms with Crippen LogP contribution >= 0.6 is 0 Å². The Kier molecular flexibility index (Phi) is 4.33. The first-order valence-electron chi connectivity index (χ1n) is 10.1. The molecule has 0 aliphatic heterocycles. The lowest BCUT2D eigenvalue weighted by molar-refractivity contribution is -0.146. The maximum atomic E-state index is 14.1. The van der Waals surface area contributed by atoms with E-state index in [4.69, 9.17) is 0 Å². The summed E-state index contributed by atoms with van der Waals surface area (Å²) in [5, 5.41) is 16.2. The highest BCUT2D eigenvalue weighted by molar-refractivity contribution is 5.95. The van der Waals surface area contributed by atoms with Gasteiger partial charge in [0.2, 0.25) is 11.8 Å². The molecule has 0 saturated heterocycles. The molecule has 1 heterocycles. The van der Waals surface area contributed by atoms with Crippen molar-refractivity contribution in [1.29, 1.82) is 0 Å². The average molecular weight is 398 g/mol. The summed E-state index contributed by atoms with van der Waals surface area (Å²) >= 11 is 0. The van der Waals surface area contributed by atoms with Gasteiger partial charge in [0.15, 0.2) is 0 Å². The molecule has 4 aliphatic carbocycles. The molecule has 0 atom stereocenters. The Bertz CT molecular complexity index is 909. The van der Waals surface area contributed by atoms with Crippen LogP contribution in [-0.2, 0) is 9.59 Å². The van der Waals surface area contributed by atoms with Crippen molar-refractivity contribution in [3.8, 4) is 5.69 Å². The monoisotopic (exact) mass is 398 g/mol. The van der Waals surface area contributed by atoms with E-state index < -0.39 is 11.7 Å². The van der Waals surface area contributed by atoms with Crippen LogP contribution in [0.1, 0.15) is 38.5 Å². The molecule has 4 aliphatic rings. The molecule has 4 bridgehead atoms. The molecule has 6 rings (SSSR count). The first-order valence-corrected chi connectivity index (χ1v) is 10.1. The highest BCUT2D eigenvalue weighted by Gasteiger charge is 2.54. The third-order valence-corrected chi connectivity index (χ3v) is 6.77. The summed E-state index contributed by atoms with van der Waals surface area (Å²) in [5.74, 6) is 0.921. The van der Waals surface area contributed by atoms with E-state index in [2.05, 4.69) is 26.2 Å². The number of carbonyl (C=O) groups is 2. The second-order valence-corrected chi connectivity index (χ2v) is 8.85. The lowest BCUT2D eigenvalue weighted by Crippen LogP contribution is -2.54. The Morgan fingerprint density at radius 3 is 2.45 bits per heavy atom. The van der Waals surface area contributed by atoms with E-state index in [1.165, 1.54) is 48.5 Å². The Morgan fingerprint density at radius 2 is 1.83 bits per heavy atom. The second-order valence-electron chi connectivity index (χ2n) is 8.85. The van der Waals surface area contributed by atoms with E-state index in [1.807, 2.05) is 0 Å². The number of carbonyl (C=O) groups excluding carboxylic acids is 2. The molecule has 4 saturated carbocycles. The van der Waals surface area contributed by atoms with Gasteiger partial charge in [-0.3, -0.25) is 9.59 Å². The van der Waals surface area contributed by atoms with Crippen LogP contribution < -0.4 is 10.6 Å². The van der Waals surface area contributed by atoms with Crippen LogP contribution in [0.4, 0.5) is 10.1 Å². The predicted molar refractivity (Wildman–Crippen MR) is 101 cm³/mol. The molecule has 152 valence electrons. The van der Waals surface area contributed by atoms with Crippen LogP contribution in [0, 0.1) is 29.0 Å². The molecular weight excluding hydrogens is 375 g/mol. The number of benzene rings is 1. The zero-order valence-electron chi connectivity index (χ0n) is 16.0. The van der Waals surface area contributed by atoms with E-state index in [9.17, 15) is 14.0 Å². The summed E-state index contributed by atoms with van der Waals surface area (Å²) in [6.07, 6.45) is 7.96. The van der Waals surface area contributed by atoms with Crippen LogP contribution in [0.25, 0.3) is 5.69 Å². The van der Waals surface area contributed by atoms with E-state index in [1.54, 1.807) is 0 Å². The molecule has 29 heavy (non-hydrogen) atoms. The van der Waals surface area contributed by atoms with Gasteiger partial charge in [-0.05, 0) is 84.9 Å². The van der Waals surface area contributed by atoms with Gasteiger partial charge in [-0.25, -0.2) is 9.07 Å². The number of anilines is 1. The van der Waals surface area contributed by atoms with Crippen molar-refractivity contribution < 1.29 is 14.0 Å². The summed E-state index contributed by atoms with van der Waals surface area (Å²) in [7, 11) is 0. The number of hydrogen-bond acceptors (Lipinski definition) is 5. The van der Waals surface area contributed by atoms with Gasteiger partial charge in [0.1, 0.15) is 12.1 Å². The fourth-order valence-corrected chi connectivity index (χ4v) is 5.96. The topological polar surface area (TPSA) is 102 Å². The van der Waals surface area contributed by atoms with Gasteiger partial charge >= 0.3 is 0 Å². The molecule has 2 N–H and O–H groups in total. The zero-order chi connectivity index (χ0) is 20.0. The molecule has 9 heteroatoms. The second kappa shape index (κ2) is 6.89. The van der Waals surface area contributed by atoms with Crippen molar-refractivity contribution in [2.45, 2.75) is 38.5 Å². The van der Waals surface area contributed by atoms with Gasteiger partial charge < -0.3 is 10.6 Å². The fourth-order valence-electron chi connectivity index (χ4n) is 5.96. The zero-order valence-corrected chi connectivity index (χ0v) is 16.0. The van der Waals surface area contributed by atoms with Crippen molar-refractivity contribution >= 4 is 17.5 Å². The van der Waals surface area contributed by atoms with Crippen molar-refractivity contribution in [3.05, 3.63) is 30.3 Å². The van der Waals surface area contributed by atoms with Crippen molar-refractivity contribution in [3.63, 3.8) is 0 Å². The summed E-state index contributed by atoms with van der Waals surface area (Å²) in [5.41, 5.74) is 0.233. The molecular formula is C20H23FN6O2. The first-order chi connectivity index (χ1) is 14.0. The minimum atomic E-state index is -0.567. The van der Waals surface area contributed by atoms with Crippen molar-refractivity contribution in [2.75, 3.05) is 11.9 Å². The van der Waals surface area contributed by atoms with Gasteiger partial charge in [-0.2, -0.15) is 0 Å². The van der Waals surface area contributed by atoms with Gasteiger partial charge in [-0.15, -0.1) is 5.10 Å². The molecule has 0 unspecified atom stereocenters. The van der Waals surface area contributed by atoms with Crippen LogP contribution in [0.2, 0.25) is 0 Å². The SMILES string of the molecule is O=C(CNC(=O)C12CC3CC(CC(C3)C1)C2)Nc1cc(-n2cnnn2)ccc1F. The summed E-state index contributed by atoms with van der Waals surface area (Å²) in [4.78, 5) is 25.3. The highest BCUT2D eigenvalue weighted by atomic mass is 19.1. The number of halogens is 1. The van der Waals surface area contributed by atoms with Crippen LogP contribution in [-0.4, -0.2) is 38.6 Å². The minimum Gasteiger partial charge on any atom is -0.347 e. The van der Waals surface area contributed by atoms with E-state index in [0.717, 1.165) is 19.3 Å². The molecule has 0 radical (unpaired) electrons. The number of rotatable bonds is 5. The van der Waals surface area contributed by atoms with Crippen molar-refractivity contribution in [1.82, 2.24) is 25.5 Å². The number of aromatic nitrogens is 4. The molecule has 2 aromatic rings. The quantitative estimate of drug-likeness (QED) is 0.803. The van der Waals surface area contributed by atoms with Crippen LogP contribution in [0.15, 0.2) is 24.5 Å². The molecule has 8 nitrogen and oxygen atoms in total. The fraction of sp³-hybridized carbons (Fsp3) is 0.550. The smallest absolute Gasteiger partial charge is 0.243 e. The number of tetrazole rings is 1. The molecule has 1 aromatic carbocycles. The number of nitrogens with zero attached hydrogens (tertiary/aromatic N) is 4. The molecule has 2 amide bonds. The van der Waals surface area contributed by atoms with Gasteiger partial charge in [0, 0.05) is 5.41 Å². The van der Waals surface area contributed by atoms with E-state index in [0.29, 0.717) is 23.4 Å². The highest BCUT2D eigenvalue weighted by Crippen LogP contribution is 2.60. The predicted octanol–water partition coefficient (Wildman–Crippen LogP) is 2.07. The maximum Gasteiger partial charge on any atom is 0.243 e. The third-order valence-electron chi connectivity index (χ3n) is 6.77. The summed E-state index contributed by atoms with van der Waals surface area (Å²) < 4.78 is 15.5. The Morgan fingerprint density at radius 1 is 1.14 bits per heavy atom. The summed E-state index contributed by atoms with van der Waals surface area (Å²) in [6.45, 7) is -0.171. The Labute approximate surface area is 167 Å². The van der Waals surface area contributed by atoms with Crippen LogP contribution in [0.3, 0.4) is 0 Å². The van der Waals surface area contributed by atoms with Gasteiger partial charge in [-0.1, -0.05) is 0 Å². The van der Waals surface area contributed by atoms with E-state index in [-0.39, 0.29) is 23.6 Å². The Hall–Kier alpha value is -2.84. The normalized spacial score (nSPS) is 29.6. The molecule has 0 spiro atoms. The first kappa shape index (κ1) is 18.2. The molecule has 4 fully saturated rings. The lowest BCUT2D eigenvalue weighted by atomic mass is 9.49.